The minimum absolute atomic E-state index is 0.600. The van der Waals surface area contributed by atoms with Crippen molar-refractivity contribution >= 4 is 28.4 Å². The van der Waals surface area contributed by atoms with Gasteiger partial charge in [-0.05, 0) is 11.4 Å². The topological polar surface area (TPSA) is 49.8 Å². The first kappa shape index (κ1) is 8.30. The van der Waals surface area contributed by atoms with Crippen LogP contribution < -0.4 is 5.73 Å². The van der Waals surface area contributed by atoms with Crippen LogP contribution in [0.15, 0.2) is 22.9 Å². The Morgan fingerprint density at radius 2 is 2.23 bits per heavy atom. The maximum absolute atomic E-state index is 8.71. The minimum Gasteiger partial charge on any atom is -0.396 e. The van der Waals surface area contributed by atoms with E-state index in [9.17, 15) is 0 Å². The Balaban J connectivity index is 2.55. The summed E-state index contributed by atoms with van der Waals surface area (Å²) in [6, 6.07) is 6.06. The lowest BCUT2D eigenvalue weighted by molar-refractivity contribution is 1.52. The van der Waals surface area contributed by atoms with Crippen LogP contribution >= 0.6 is 22.7 Å². The molecule has 2 aromatic heterocycles. The zero-order valence-corrected chi connectivity index (χ0v) is 8.28. The second-order valence-corrected chi connectivity index (χ2v) is 4.31. The zero-order valence-electron chi connectivity index (χ0n) is 6.65. The molecule has 2 heterocycles. The number of anilines is 1. The van der Waals surface area contributed by atoms with Gasteiger partial charge in [-0.15, -0.1) is 22.7 Å². The van der Waals surface area contributed by atoms with E-state index in [1.807, 2.05) is 22.9 Å². The van der Waals surface area contributed by atoms with E-state index < -0.39 is 0 Å². The van der Waals surface area contributed by atoms with Crippen molar-refractivity contribution in [2.75, 3.05) is 5.73 Å². The van der Waals surface area contributed by atoms with Gasteiger partial charge in [-0.3, -0.25) is 0 Å². The third-order valence-electron chi connectivity index (χ3n) is 1.72. The summed E-state index contributed by atoms with van der Waals surface area (Å²) < 4.78 is 0. The van der Waals surface area contributed by atoms with E-state index in [-0.39, 0.29) is 0 Å². The molecule has 0 saturated carbocycles. The highest BCUT2D eigenvalue weighted by molar-refractivity contribution is 7.15. The fourth-order valence-corrected chi connectivity index (χ4v) is 2.69. The van der Waals surface area contributed by atoms with Crippen molar-refractivity contribution in [1.29, 1.82) is 5.26 Å². The highest BCUT2D eigenvalue weighted by atomic mass is 32.1. The molecule has 0 amide bonds. The van der Waals surface area contributed by atoms with Gasteiger partial charge in [-0.2, -0.15) is 5.26 Å². The lowest BCUT2D eigenvalue weighted by atomic mass is 10.2. The lowest BCUT2D eigenvalue weighted by Gasteiger charge is -1.93. The lowest BCUT2D eigenvalue weighted by Crippen LogP contribution is -1.86. The number of nitrogens with zero attached hydrogens (tertiary/aromatic N) is 1. The van der Waals surface area contributed by atoms with Crippen LogP contribution in [0.4, 0.5) is 5.69 Å². The van der Waals surface area contributed by atoms with Crippen LogP contribution in [-0.4, -0.2) is 0 Å². The second kappa shape index (κ2) is 3.21. The molecule has 0 bridgehead atoms. The van der Waals surface area contributed by atoms with Gasteiger partial charge in [0.15, 0.2) is 0 Å². The van der Waals surface area contributed by atoms with E-state index in [4.69, 9.17) is 11.0 Å². The first-order valence-corrected chi connectivity index (χ1v) is 5.40. The summed E-state index contributed by atoms with van der Waals surface area (Å²) in [4.78, 5) is 1.72. The van der Waals surface area contributed by atoms with Gasteiger partial charge in [-0.1, -0.05) is 6.07 Å². The summed E-state index contributed by atoms with van der Waals surface area (Å²) in [7, 11) is 0. The van der Waals surface area contributed by atoms with Crippen LogP contribution in [-0.2, 0) is 0 Å². The van der Waals surface area contributed by atoms with Gasteiger partial charge in [0.05, 0.1) is 5.69 Å². The van der Waals surface area contributed by atoms with E-state index in [1.165, 1.54) is 11.3 Å². The fraction of sp³-hybridized carbons (Fsp3) is 0. The van der Waals surface area contributed by atoms with Crippen LogP contribution in [0, 0.1) is 11.3 Å². The summed E-state index contributed by atoms with van der Waals surface area (Å²) in [5.74, 6) is 0. The standard InChI is InChI=1S/C9H6N2S2/c10-4-8-9(11)6(5-13-8)7-2-1-3-12-7/h1-3,5H,11H2. The molecule has 64 valence electrons. The molecule has 0 aromatic carbocycles. The predicted molar refractivity (Wildman–Crippen MR) is 56.8 cm³/mol. The van der Waals surface area contributed by atoms with Crippen molar-refractivity contribution in [2.24, 2.45) is 0 Å². The molecule has 0 aliphatic carbocycles. The van der Waals surface area contributed by atoms with Gasteiger partial charge in [-0.25, -0.2) is 0 Å². The Bertz CT molecular complexity index is 448. The van der Waals surface area contributed by atoms with E-state index in [2.05, 4.69) is 6.07 Å². The number of rotatable bonds is 1. The largest absolute Gasteiger partial charge is 0.396 e. The van der Waals surface area contributed by atoms with Gasteiger partial charge in [0.1, 0.15) is 10.9 Å². The molecule has 0 aliphatic heterocycles. The predicted octanol–water partition coefficient (Wildman–Crippen LogP) is 2.93. The average molecular weight is 206 g/mol. The molecule has 2 N–H and O–H groups in total. The van der Waals surface area contributed by atoms with Gasteiger partial charge in [0.25, 0.3) is 0 Å². The number of hydrogen-bond donors (Lipinski definition) is 1. The third-order valence-corrected chi connectivity index (χ3v) is 3.52. The first-order chi connectivity index (χ1) is 6.33. The highest BCUT2D eigenvalue weighted by Crippen LogP contribution is 2.35. The zero-order chi connectivity index (χ0) is 9.26. The van der Waals surface area contributed by atoms with Crippen molar-refractivity contribution in [2.45, 2.75) is 0 Å². The van der Waals surface area contributed by atoms with Crippen molar-refractivity contribution in [3.63, 3.8) is 0 Å². The molecular formula is C9H6N2S2. The maximum atomic E-state index is 8.71. The van der Waals surface area contributed by atoms with Gasteiger partial charge in [0, 0.05) is 15.8 Å². The van der Waals surface area contributed by atoms with E-state index in [0.717, 1.165) is 10.4 Å². The number of nitriles is 1. The number of nitrogen functional groups attached to an aromatic ring is 1. The van der Waals surface area contributed by atoms with Crippen LogP contribution in [0.3, 0.4) is 0 Å². The molecule has 0 unspecified atom stereocenters. The Hall–Kier alpha value is -1.31. The fourth-order valence-electron chi connectivity index (χ4n) is 1.08. The smallest absolute Gasteiger partial charge is 0.128 e. The van der Waals surface area contributed by atoms with Crippen molar-refractivity contribution in [1.82, 2.24) is 0 Å². The summed E-state index contributed by atoms with van der Waals surface area (Å²) in [5.41, 5.74) is 7.39. The Morgan fingerprint density at radius 1 is 1.38 bits per heavy atom. The van der Waals surface area contributed by atoms with Gasteiger partial charge < -0.3 is 5.73 Å². The molecule has 0 saturated heterocycles. The van der Waals surface area contributed by atoms with E-state index in [0.29, 0.717) is 10.6 Å². The monoisotopic (exact) mass is 206 g/mol. The van der Waals surface area contributed by atoms with E-state index >= 15 is 0 Å². The molecule has 0 fully saturated rings. The first-order valence-electron chi connectivity index (χ1n) is 3.64. The van der Waals surface area contributed by atoms with Crippen molar-refractivity contribution in [3.8, 4) is 16.5 Å². The quantitative estimate of drug-likeness (QED) is 0.779. The molecule has 0 spiro atoms. The third kappa shape index (κ3) is 1.32. The number of nitrogens with two attached hydrogens (primary N) is 1. The van der Waals surface area contributed by atoms with Crippen LogP contribution in [0.2, 0.25) is 0 Å². The molecular weight excluding hydrogens is 200 g/mol. The normalized spacial score (nSPS) is 9.77. The van der Waals surface area contributed by atoms with Crippen molar-refractivity contribution in [3.05, 3.63) is 27.8 Å². The van der Waals surface area contributed by atoms with Crippen LogP contribution in [0.1, 0.15) is 4.88 Å². The molecule has 0 aliphatic rings. The minimum atomic E-state index is 0.600. The molecule has 4 heteroatoms. The summed E-state index contributed by atoms with van der Waals surface area (Å²) >= 11 is 3.03. The summed E-state index contributed by atoms with van der Waals surface area (Å²) in [6.45, 7) is 0. The van der Waals surface area contributed by atoms with Crippen LogP contribution in [0.25, 0.3) is 10.4 Å². The molecule has 0 radical (unpaired) electrons. The number of thiophene rings is 2. The molecule has 0 atom stereocenters. The summed E-state index contributed by atoms with van der Waals surface area (Å²) in [5, 5.41) is 12.6. The average Bonchev–Trinajstić information content (AvgIpc) is 2.72. The highest BCUT2D eigenvalue weighted by Gasteiger charge is 2.09. The SMILES string of the molecule is N#Cc1scc(-c2cccs2)c1N. The molecule has 2 aromatic rings. The molecule has 13 heavy (non-hydrogen) atoms. The Morgan fingerprint density at radius 3 is 2.77 bits per heavy atom. The number of hydrogen-bond acceptors (Lipinski definition) is 4. The maximum Gasteiger partial charge on any atom is 0.128 e. The van der Waals surface area contributed by atoms with Gasteiger partial charge >= 0.3 is 0 Å². The Labute approximate surface area is 83.9 Å². The van der Waals surface area contributed by atoms with E-state index in [1.54, 1.807) is 11.3 Å². The van der Waals surface area contributed by atoms with Crippen molar-refractivity contribution < 1.29 is 0 Å². The molecule has 2 nitrogen and oxygen atoms in total. The van der Waals surface area contributed by atoms with Crippen LogP contribution in [0.5, 0.6) is 0 Å². The second-order valence-electron chi connectivity index (χ2n) is 2.48. The summed E-state index contributed by atoms with van der Waals surface area (Å²) in [6.07, 6.45) is 0. The van der Waals surface area contributed by atoms with Gasteiger partial charge in [0.2, 0.25) is 0 Å². The molecule has 2 rings (SSSR count). The Kier molecular flexibility index (Phi) is 2.05.